The first-order valence-electron chi connectivity index (χ1n) is 8.68. The summed E-state index contributed by atoms with van der Waals surface area (Å²) >= 11 is 0. The summed E-state index contributed by atoms with van der Waals surface area (Å²) in [7, 11) is 0. The van der Waals surface area contributed by atoms with E-state index in [1.165, 1.54) is 18.3 Å². The van der Waals surface area contributed by atoms with Crippen LogP contribution in [-0.2, 0) is 13.1 Å². The zero-order valence-electron chi connectivity index (χ0n) is 15.5. The molecule has 1 heterocycles. The van der Waals surface area contributed by atoms with Crippen molar-refractivity contribution in [2.75, 3.05) is 0 Å². The zero-order valence-corrected chi connectivity index (χ0v) is 15.5. The molecule has 0 radical (unpaired) electrons. The standard InChI is InChI=1S/C20H16F3N5O2/c21-13-6-15(23)14(22)5-12(13)8-27-20(30)11-3-1-2-10(4-11)17-9-26-16(7-24)18(28-17)19(25)29/h1-6,9H,7-8,24H2,(H2,25,29)(H,27,30). The number of hydrogen-bond donors (Lipinski definition) is 3. The van der Waals surface area contributed by atoms with E-state index >= 15 is 0 Å². The molecule has 3 rings (SSSR count). The van der Waals surface area contributed by atoms with Gasteiger partial charge in [0.15, 0.2) is 17.3 Å². The van der Waals surface area contributed by atoms with Gasteiger partial charge in [-0.3, -0.25) is 14.6 Å². The Bertz CT molecular complexity index is 1140. The van der Waals surface area contributed by atoms with Gasteiger partial charge in [-0.1, -0.05) is 12.1 Å². The highest BCUT2D eigenvalue weighted by molar-refractivity contribution is 5.95. The van der Waals surface area contributed by atoms with Crippen LogP contribution in [0.4, 0.5) is 13.2 Å². The number of hydrogen-bond acceptors (Lipinski definition) is 5. The smallest absolute Gasteiger partial charge is 0.269 e. The van der Waals surface area contributed by atoms with Gasteiger partial charge in [0.2, 0.25) is 0 Å². The number of amides is 2. The average molecular weight is 415 g/mol. The SMILES string of the molecule is NCc1ncc(-c2cccc(C(=O)NCc3cc(F)c(F)cc3F)c2)nc1C(N)=O. The van der Waals surface area contributed by atoms with E-state index in [-0.39, 0.29) is 35.6 Å². The van der Waals surface area contributed by atoms with Crippen LogP contribution < -0.4 is 16.8 Å². The maximum atomic E-state index is 13.7. The summed E-state index contributed by atoms with van der Waals surface area (Å²) in [5, 5.41) is 2.43. The van der Waals surface area contributed by atoms with Crippen LogP contribution in [0.2, 0.25) is 0 Å². The van der Waals surface area contributed by atoms with Crippen LogP contribution in [0.1, 0.15) is 32.1 Å². The molecule has 7 nitrogen and oxygen atoms in total. The predicted octanol–water partition coefficient (Wildman–Crippen LogP) is 2.05. The lowest BCUT2D eigenvalue weighted by atomic mass is 10.1. The molecule has 0 aliphatic carbocycles. The second-order valence-electron chi connectivity index (χ2n) is 6.24. The van der Waals surface area contributed by atoms with E-state index in [9.17, 15) is 22.8 Å². The molecule has 154 valence electrons. The van der Waals surface area contributed by atoms with Crippen LogP contribution in [0, 0.1) is 17.5 Å². The summed E-state index contributed by atoms with van der Waals surface area (Å²) in [4.78, 5) is 32.2. The molecular formula is C20H16F3N5O2. The Balaban J connectivity index is 1.82. The van der Waals surface area contributed by atoms with E-state index < -0.39 is 29.3 Å². The molecule has 2 amide bonds. The van der Waals surface area contributed by atoms with Crippen LogP contribution >= 0.6 is 0 Å². The van der Waals surface area contributed by atoms with Gasteiger partial charge in [0.1, 0.15) is 5.82 Å². The Morgan fingerprint density at radius 2 is 1.77 bits per heavy atom. The number of nitrogens with one attached hydrogen (secondary N) is 1. The molecule has 1 aromatic heterocycles. The fraction of sp³-hybridized carbons (Fsp3) is 0.100. The molecule has 0 saturated heterocycles. The molecule has 3 aromatic rings. The van der Waals surface area contributed by atoms with E-state index in [4.69, 9.17) is 11.5 Å². The maximum absolute atomic E-state index is 13.7. The van der Waals surface area contributed by atoms with Crippen molar-refractivity contribution in [3.8, 4) is 11.3 Å². The number of primary amides is 1. The Kier molecular flexibility index (Phi) is 6.07. The van der Waals surface area contributed by atoms with E-state index in [0.29, 0.717) is 23.4 Å². The van der Waals surface area contributed by atoms with Crippen molar-refractivity contribution in [1.29, 1.82) is 0 Å². The Labute approximate surface area is 168 Å². The van der Waals surface area contributed by atoms with E-state index in [1.54, 1.807) is 12.1 Å². The van der Waals surface area contributed by atoms with Crippen LogP contribution in [-0.4, -0.2) is 21.8 Å². The lowest BCUT2D eigenvalue weighted by molar-refractivity contribution is 0.0949. The third-order valence-electron chi connectivity index (χ3n) is 4.22. The number of halogens is 3. The second-order valence-corrected chi connectivity index (χ2v) is 6.24. The fourth-order valence-corrected chi connectivity index (χ4v) is 2.70. The fourth-order valence-electron chi connectivity index (χ4n) is 2.70. The highest BCUT2D eigenvalue weighted by Crippen LogP contribution is 2.20. The summed E-state index contributed by atoms with van der Waals surface area (Å²) in [6.45, 7) is -0.364. The summed E-state index contributed by atoms with van der Waals surface area (Å²) in [6, 6.07) is 7.29. The molecule has 0 atom stereocenters. The van der Waals surface area contributed by atoms with Crippen molar-refractivity contribution in [2.45, 2.75) is 13.1 Å². The van der Waals surface area contributed by atoms with Gasteiger partial charge in [-0.05, 0) is 18.2 Å². The number of benzene rings is 2. The van der Waals surface area contributed by atoms with E-state index in [2.05, 4.69) is 15.3 Å². The predicted molar refractivity (Wildman–Crippen MR) is 101 cm³/mol. The zero-order chi connectivity index (χ0) is 21.8. The van der Waals surface area contributed by atoms with Crippen LogP contribution in [0.25, 0.3) is 11.3 Å². The molecule has 0 aliphatic rings. The molecular weight excluding hydrogens is 399 g/mol. The molecule has 0 bridgehead atoms. The normalized spacial score (nSPS) is 10.7. The van der Waals surface area contributed by atoms with E-state index in [0.717, 1.165) is 0 Å². The lowest BCUT2D eigenvalue weighted by Crippen LogP contribution is -2.23. The summed E-state index contributed by atoms with van der Waals surface area (Å²) < 4.78 is 40.0. The summed E-state index contributed by atoms with van der Waals surface area (Å²) in [5.74, 6) is -4.87. The van der Waals surface area contributed by atoms with Crippen molar-refractivity contribution in [1.82, 2.24) is 15.3 Å². The van der Waals surface area contributed by atoms with Gasteiger partial charge < -0.3 is 16.8 Å². The van der Waals surface area contributed by atoms with Gasteiger partial charge in [0.25, 0.3) is 11.8 Å². The molecule has 0 aliphatic heterocycles. The maximum Gasteiger partial charge on any atom is 0.269 e. The van der Waals surface area contributed by atoms with Gasteiger partial charge in [-0.2, -0.15) is 0 Å². The Hall–Kier alpha value is -3.79. The first-order valence-corrected chi connectivity index (χ1v) is 8.68. The molecule has 0 fully saturated rings. The van der Waals surface area contributed by atoms with E-state index in [1.807, 2.05) is 0 Å². The molecule has 0 unspecified atom stereocenters. The topological polar surface area (TPSA) is 124 Å². The summed E-state index contributed by atoms with van der Waals surface area (Å²) in [6.07, 6.45) is 1.39. The molecule has 0 spiro atoms. The molecule has 30 heavy (non-hydrogen) atoms. The molecule has 5 N–H and O–H groups in total. The second kappa shape index (κ2) is 8.70. The minimum Gasteiger partial charge on any atom is -0.364 e. The number of carbonyl (C=O) groups is 2. The average Bonchev–Trinajstić information content (AvgIpc) is 2.74. The Morgan fingerprint density at radius 3 is 2.47 bits per heavy atom. The summed E-state index contributed by atoms with van der Waals surface area (Å²) in [5.41, 5.74) is 11.8. The minimum atomic E-state index is -1.31. The lowest BCUT2D eigenvalue weighted by Gasteiger charge is -2.09. The monoisotopic (exact) mass is 415 g/mol. The quantitative estimate of drug-likeness (QED) is 0.532. The highest BCUT2D eigenvalue weighted by Gasteiger charge is 2.15. The van der Waals surface area contributed by atoms with Crippen molar-refractivity contribution in [3.63, 3.8) is 0 Å². The van der Waals surface area contributed by atoms with Crippen LogP contribution in [0.15, 0.2) is 42.6 Å². The number of nitrogens with zero attached hydrogens (tertiary/aromatic N) is 2. The molecule has 10 heteroatoms. The molecule has 2 aromatic carbocycles. The van der Waals surface area contributed by atoms with Crippen molar-refractivity contribution in [3.05, 3.63) is 82.6 Å². The number of rotatable bonds is 6. The van der Waals surface area contributed by atoms with Crippen molar-refractivity contribution >= 4 is 11.8 Å². The van der Waals surface area contributed by atoms with Crippen molar-refractivity contribution < 1.29 is 22.8 Å². The van der Waals surface area contributed by atoms with Gasteiger partial charge in [-0.25, -0.2) is 18.2 Å². The number of aromatic nitrogens is 2. The van der Waals surface area contributed by atoms with Gasteiger partial charge in [0.05, 0.1) is 17.6 Å². The number of carbonyl (C=O) groups excluding carboxylic acids is 2. The Morgan fingerprint density at radius 1 is 1.03 bits per heavy atom. The van der Waals surface area contributed by atoms with Gasteiger partial charge >= 0.3 is 0 Å². The van der Waals surface area contributed by atoms with Gasteiger partial charge in [-0.15, -0.1) is 0 Å². The molecule has 0 saturated carbocycles. The first kappa shape index (κ1) is 20.9. The minimum absolute atomic E-state index is 0.0193. The number of nitrogens with two attached hydrogens (primary N) is 2. The van der Waals surface area contributed by atoms with Crippen LogP contribution in [0.3, 0.4) is 0 Å². The van der Waals surface area contributed by atoms with Gasteiger partial charge in [0, 0.05) is 35.8 Å². The van der Waals surface area contributed by atoms with Crippen LogP contribution in [0.5, 0.6) is 0 Å². The third-order valence-corrected chi connectivity index (χ3v) is 4.22. The third kappa shape index (κ3) is 4.44. The first-order chi connectivity index (χ1) is 14.3. The largest absolute Gasteiger partial charge is 0.364 e. The van der Waals surface area contributed by atoms with Crippen molar-refractivity contribution in [2.24, 2.45) is 11.5 Å². The highest BCUT2D eigenvalue weighted by atomic mass is 19.2.